The Bertz CT molecular complexity index is 581. The lowest BCUT2D eigenvalue weighted by molar-refractivity contribution is -0.0113. The Kier molecular flexibility index (Phi) is 6.09. The maximum atomic E-state index is 13.0. The van der Waals surface area contributed by atoms with Crippen molar-refractivity contribution < 1.29 is 14.3 Å². The van der Waals surface area contributed by atoms with E-state index in [1.807, 2.05) is 18.0 Å². The molecule has 1 atom stereocenters. The summed E-state index contributed by atoms with van der Waals surface area (Å²) in [5.74, 6) is 0.369. The molecule has 7 heteroatoms. The van der Waals surface area contributed by atoms with Crippen LogP contribution in [0, 0.1) is 0 Å². The van der Waals surface area contributed by atoms with E-state index in [-0.39, 0.29) is 12.0 Å². The maximum absolute atomic E-state index is 13.0. The summed E-state index contributed by atoms with van der Waals surface area (Å²) in [7, 11) is 1.85. The first-order valence-corrected chi connectivity index (χ1v) is 9.29. The first-order valence-electron chi connectivity index (χ1n) is 9.29. The molecular formula is C18H30N4O3. The van der Waals surface area contributed by atoms with Crippen LogP contribution in [-0.2, 0) is 16.5 Å². The molecule has 1 aromatic heterocycles. The van der Waals surface area contributed by atoms with Gasteiger partial charge in [0.05, 0.1) is 25.0 Å². The number of hydrogen-bond donors (Lipinski definition) is 0. The van der Waals surface area contributed by atoms with E-state index in [0.717, 1.165) is 51.5 Å². The zero-order chi connectivity index (χ0) is 17.8. The van der Waals surface area contributed by atoms with E-state index in [1.54, 1.807) is 4.68 Å². The number of aromatic nitrogens is 2. The second kappa shape index (κ2) is 8.29. The highest BCUT2D eigenvalue weighted by atomic mass is 16.5. The van der Waals surface area contributed by atoms with Gasteiger partial charge in [-0.25, -0.2) is 0 Å². The zero-order valence-corrected chi connectivity index (χ0v) is 15.6. The molecule has 3 rings (SSSR count). The molecular weight excluding hydrogens is 320 g/mol. The quantitative estimate of drug-likeness (QED) is 0.814. The Morgan fingerprint density at radius 2 is 2.04 bits per heavy atom. The Morgan fingerprint density at radius 1 is 1.28 bits per heavy atom. The van der Waals surface area contributed by atoms with Crippen LogP contribution in [0.2, 0.25) is 0 Å². The van der Waals surface area contributed by atoms with Gasteiger partial charge >= 0.3 is 0 Å². The summed E-state index contributed by atoms with van der Waals surface area (Å²) in [6.07, 6.45) is 0.933. The lowest BCUT2D eigenvalue weighted by atomic mass is 10.1. The van der Waals surface area contributed by atoms with Gasteiger partial charge in [-0.1, -0.05) is 13.8 Å². The molecule has 0 N–H and O–H groups in total. The van der Waals surface area contributed by atoms with E-state index in [1.165, 1.54) is 0 Å². The molecule has 1 aromatic rings. The average molecular weight is 350 g/mol. The predicted octanol–water partition coefficient (Wildman–Crippen LogP) is 1.11. The van der Waals surface area contributed by atoms with Gasteiger partial charge in [-0.05, 0) is 18.4 Å². The number of rotatable bonds is 4. The predicted molar refractivity (Wildman–Crippen MR) is 94.8 cm³/mol. The fraction of sp³-hybridized carbons (Fsp3) is 0.778. The van der Waals surface area contributed by atoms with Gasteiger partial charge < -0.3 is 14.4 Å². The van der Waals surface area contributed by atoms with Gasteiger partial charge in [0, 0.05) is 46.4 Å². The SMILES string of the molecule is CC(C)c1cc(C(=O)N2CCCO[C@H](CN3CCOCC3)C2)n(C)n1. The molecule has 2 aliphatic heterocycles. The van der Waals surface area contributed by atoms with Crippen LogP contribution in [-0.4, -0.2) is 84.1 Å². The lowest BCUT2D eigenvalue weighted by Gasteiger charge is -2.31. The van der Waals surface area contributed by atoms with Crippen LogP contribution in [0.3, 0.4) is 0 Å². The van der Waals surface area contributed by atoms with E-state index in [4.69, 9.17) is 9.47 Å². The summed E-state index contributed by atoms with van der Waals surface area (Å²) in [5.41, 5.74) is 1.62. The molecule has 7 nitrogen and oxygen atoms in total. The van der Waals surface area contributed by atoms with Gasteiger partial charge in [0.1, 0.15) is 5.69 Å². The van der Waals surface area contributed by atoms with Crippen molar-refractivity contribution in [3.8, 4) is 0 Å². The molecule has 1 amide bonds. The van der Waals surface area contributed by atoms with Crippen LogP contribution in [0.5, 0.6) is 0 Å². The van der Waals surface area contributed by atoms with Crippen molar-refractivity contribution in [3.63, 3.8) is 0 Å². The normalized spacial score (nSPS) is 23.0. The summed E-state index contributed by atoms with van der Waals surface area (Å²) < 4.78 is 13.1. The average Bonchev–Trinajstić information content (AvgIpc) is 2.84. The largest absolute Gasteiger partial charge is 0.379 e. The standard InChI is InChI=1S/C18H30N4O3/c1-14(2)16-11-17(20(3)19-16)18(23)22-5-4-8-25-15(13-22)12-21-6-9-24-10-7-21/h11,14-15H,4-10,12-13H2,1-3H3/t15-/m1/s1. The molecule has 0 radical (unpaired) electrons. The number of ether oxygens (including phenoxy) is 2. The highest BCUT2D eigenvalue weighted by Gasteiger charge is 2.27. The first kappa shape index (κ1) is 18.4. The second-order valence-corrected chi connectivity index (χ2v) is 7.24. The zero-order valence-electron chi connectivity index (χ0n) is 15.6. The van der Waals surface area contributed by atoms with Crippen LogP contribution in [0.15, 0.2) is 6.07 Å². The van der Waals surface area contributed by atoms with E-state index in [2.05, 4.69) is 23.8 Å². The van der Waals surface area contributed by atoms with Crippen molar-refractivity contribution in [1.82, 2.24) is 19.6 Å². The fourth-order valence-electron chi connectivity index (χ4n) is 3.40. The Morgan fingerprint density at radius 3 is 2.72 bits per heavy atom. The van der Waals surface area contributed by atoms with Gasteiger partial charge in [-0.15, -0.1) is 0 Å². The molecule has 2 aliphatic rings. The third-order valence-corrected chi connectivity index (χ3v) is 4.91. The van der Waals surface area contributed by atoms with E-state index >= 15 is 0 Å². The molecule has 0 bridgehead atoms. The Balaban J connectivity index is 1.66. The van der Waals surface area contributed by atoms with Crippen LogP contribution in [0.4, 0.5) is 0 Å². The number of amides is 1. The van der Waals surface area contributed by atoms with Crippen LogP contribution < -0.4 is 0 Å². The number of carbonyl (C=O) groups excluding carboxylic acids is 1. The molecule has 0 unspecified atom stereocenters. The minimum atomic E-state index is 0.0550. The smallest absolute Gasteiger partial charge is 0.272 e. The molecule has 2 saturated heterocycles. The summed E-state index contributed by atoms with van der Waals surface area (Å²) in [4.78, 5) is 17.3. The third kappa shape index (κ3) is 4.59. The lowest BCUT2D eigenvalue weighted by Crippen LogP contribution is -2.46. The third-order valence-electron chi connectivity index (χ3n) is 4.91. The Labute approximate surface area is 149 Å². The summed E-state index contributed by atoms with van der Waals surface area (Å²) in [6, 6.07) is 1.93. The van der Waals surface area contributed by atoms with Crippen LogP contribution in [0.1, 0.15) is 42.4 Å². The number of carbonyl (C=O) groups is 1. The number of morpholine rings is 1. The molecule has 0 aliphatic carbocycles. The number of hydrogen-bond acceptors (Lipinski definition) is 5. The van der Waals surface area contributed by atoms with Crippen molar-refractivity contribution in [3.05, 3.63) is 17.5 Å². The Hall–Kier alpha value is -1.44. The summed E-state index contributed by atoms with van der Waals surface area (Å²) >= 11 is 0. The minimum Gasteiger partial charge on any atom is -0.379 e. The highest BCUT2D eigenvalue weighted by molar-refractivity contribution is 5.92. The van der Waals surface area contributed by atoms with Gasteiger partial charge in [0.25, 0.3) is 5.91 Å². The van der Waals surface area contributed by atoms with Gasteiger partial charge in [0.15, 0.2) is 0 Å². The van der Waals surface area contributed by atoms with Gasteiger partial charge in [-0.2, -0.15) is 5.10 Å². The highest BCUT2D eigenvalue weighted by Crippen LogP contribution is 2.17. The molecule has 140 valence electrons. The number of nitrogens with zero attached hydrogens (tertiary/aromatic N) is 4. The molecule has 0 aromatic carbocycles. The minimum absolute atomic E-state index is 0.0550. The summed E-state index contributed by atoms with van der Waals surface area (Å²) in [6.45, 7) is 10.6. The van der Waals surface area contributed by atoms with Crippen LogP contribution >= 0.6 is 0 Å². The van der Waals surface area contributed by atoms with Gasteiger partial charge in [0.2, 0.25) is 0 Å². The van der Waals surface area contributed by atoms with E-state index in [0.29, 0.717) is 24.8 Å². The van der Waals surface area contributed by atoms with Crippen molar-refractivity contribution in [1.29, 1.82) is 0 Å². The van der Waals surface area contributed by atoms with Crippen molar-refractivity contribution >= 4 is 5.91 Å². The first-order chi connectivity index (χ1) is 12.0. The van der Waals surface area contributed by atoms with Crippen molar-refractivity contribution in [2.45, 2.75) is 32.3 Å². The molecule has 2 fully saturated rings. The molecule has 25 heavy (non-hydrogen) atoms. The molecule has 3 heterocycles. The van der Waals surface area contributed by atoms with Gasteiger partial charge in [-0.3, -0.25) is 14.4 Å². The molecule has 0 spiro atoms. The van der Waals surface area contributed by atoms with Crippen molar-refractivity contribution in [2.75, 3.05) is 52.5 Å². The van der Waals surface area contributed by atoms with E-state index < -0.39 is 0 Å². The monoisotopic (exact) mass is 350 g/mol. The van der Waals surface area contributed by atoms with Crippen LogP contribution in [0.25, 0.3) is 0 Å². The maximum Gasteiger partial charge on any atom is 0.272 e. The second-order valence-electron chi connectivity index (χ2n) is 7.24. The van der Waals surface area contributed by atoms with Crippen molar-refractivity contribution in [2.24, 2.45) is 7.05 Å². The topological polar surface area (TPSA) is 59.8 Å². The number of aryl methyl sites for hydroxylation is 1. The molecule has 0 saturated carbocycles. The fourth-order valence-corrected chi connectivity index (χ4v) is 3.40. The summed E-state index contributed by atoms with van der Waals surface area (Å²) in [5, 5.41) is 4.48. The van der Waals surface area contributed by atoms with E-state index in [9.17, 15) is 4.79 Å².